The van der Waals surface area contributed by atoms with Crippen LogP contribution in [-0.2, 0) is 6.42 Å². The van der Waals surface area contributed by atoms with Gasteiger partial charge >= 0.3 is 0 Å². The number of benzene rings is 2. The average molecular weight is 361 g/mol. The van der Waals surface area contributed by atoms with Crippen LogP contribution in [0.3, 0.4) is 0 Å². The van der Waals surface area contributed by atoms with Gasteiger partial charge in [-0.15, -0.1) is 0 Å². The highest BCUT2D eigenvalue weighted by Crippen LogP contribution is 2.28. The summed E-state index contributed by atoms with van der Waals surface area (Å²) in [4.78, 5) is 0. The van der Waals surface area contributed by atoms with Crippen molar-refractivity contribution in [3.8, 4) is 0 Å². The molecule has 0 fully saturated rings. The molecule has 106 valence electrons. The summed E-state index contributed by atoms with van der Waals surface area (Å²) in [5.74, 6) is -0.747. The zero-order chi connectivity index (χ0) is 14.7. The number of halogens is 4. The molecular formula is C15H13BrClF2N. The first-order valence-electron chi connectivity index (χ1n) is 6.08. The van der Waals surface area contributed by atoms with Crippen LogP contribution in [0.15, 0.2) is 40.9 Å². The summed E-state index contributed by atoms with van der Waals surface area (Å²) >= 11 is 9.16. The Labute approximate surface area is 130 Å². The van der Waals surface area contributed by atoms with Gasteiger partial charge in [-0.05, 0) is 58.7 Å². The summed E-state index contributed by atoms with van der Waals surface area (Å²) in [7, 11) is 1.78. The van der Waals surface area contributed by atoms with Crippen molar-refractivity contribution in [2.24, 2.45) is 0 Å². The highest BCUT2D eigenvalue weighted by Gasteiger charge is 2.16. The van der Waals surface area contributed by atoms with Crippen LogP contribution < -0.4 is 5.32 Å². The molecule has 0 aromatic heterocycles. The number of likely N-dealkylation sites (N-methyl/N-ethyl adjacent to an activating group) is 1. The molecule has 0 saturated carbocycles. The fourth-order valence-corrected chi connectivity index (χ4v) is 2.74. The molecule has 0 heterocycles. The van der Waals surface area contributed by atoms with E-state index in [0.29, 0.717) is 16.5 Å². The van der Waals surface area contributed by atoms with Crippen molar-refractivity contribution in [2.75, 3.05) is 7.05 Å². The topological polar surface area (TPSA) is 12.0 Å². The maximum atomic E-state index is 13.5. The van der Waals surface area contributed by atoms with Gasteiger partial charge in [0.15, 0.2) is 0 Å². The van der Waals surface area contributed by atoms with Crippen molar-refractivity contribution in [1.29, 1.82) is 0 Å². The molecule has 0 aliphatic rings. The highest BCUT2D eigenvalue weighted by atomic mass is 79.9. The van der Waals surface area contributed by atoms with Crippen LogP contribution in [0.2, 0.25) is 5.02 Å². The van der Waals surface area contributed by atoms with Gasteiger partial charge < -0.3 is 5.32 Å². The third kappa shape index (κ3) is 3.37. The summed E-state index contributed by atoms with van der Waals surface area (Å²) in [6.07, 6.45) is 0.582. The number of rotatable bonds is 4. The van der Waals surface area contributed by atoms with E-state index < -0.39 is 5.82 Å². The minimum absolute atomic E-state index is 0.119. The van der Waals surface area contributed by atoms with Crippen LogP contribution in [0.5, 0.6) is 0 Å². The van der Waals surface area contributed by atoms with E-state index in [1.54, 1.807) is 31.3 Å². The Morgan fingerprint density at radius 1 is 1.20 bits per heavy atom. The lowest BCUT2D eigenvalue weighted by Crippen LogP contribution is -2.19. The molecular weight excluding hydrogens is 348 g/mol. The summed E-state index contributed by atoms with van der Waals surface area (Å²) in [5, 5.41) is 3.23. The number of nitrogens with one attached hydrogen (secondary N) is 1. The lowest BCUT2D eigenvalue weighted by Gasteiger charge is -2.18. The van der Waals surface area contributed by atoms with Gasteiger partial charge in [-0.1, -0.05) is 29.8 Å². The molecule has 0 spiro atoms. The maximum absolute atomic E-state index is 13.5. The molecule has 2 rings (SSSR count). The normalized spacial score (nSPS) is 12.4. The Hall–Kier alpha value is -0.970. The lowest BCUT2D eigenvalue weighted by molar-refractivity contribution is 0.575. The van der Waals surface area contributed by atoms with Gasteiger partial charge in [0, 0.05) is 6.04 Å². The number of hydrogen-bond donors (Lipinski definition) is 1. The molecule has 0 aliphatic carbocycles. The van der Waals surface area contributed by atoms with Crippen molar-refractivity contribution in [3.63, 3.8) is 0 Å². The average Bonchev–Trinajstić information content (AvgIpc) is 2.43. The largest absolute Gasteiger partial charge is 0.313 e. The van der Waals surface area contributed by atoms with Crippen LogP contribution in [-0.4, -0.2) is 7.05 Å². The first-order chi connectivity index (χ1) is 9.52. The summed E-state index contributed by atoms with van der Waals surface area (Å²) in [5.41, 5.74) is 1.62. The van der Waals surface area contributed by atoms with Gasteiger partial charge in [0.1, 0.15) is 11.6 Å². The Kier molecular flexibility index (Phi) is 5.13. The highest BCUT2D eigenvalue weighted by molar-refractivity contribution is 9.10. The van der Waals surface area contributed by atoms with Crippen LogP contribution in [0.1, 0.15) is 17.2 Å². The molecule has 2 aromatic carbocycles. The lowest BCUT2D eigenvalue weighted by atomic mass is 9.99. The second kappa shape index (κ2) is 6.66. The van der Waals surface area contributed by atoms with Crippen molar-refractivity contribution in [2.45, 2.75) is 12.5 Å². The van der Waals surface area contributed by atoms with Gasteiger partial charge in [-0.3, -0.25) is 0 Å². The van der Waals surface area contributed by atoms with Crippen molar-refractivity contribution >= 4 is 27.5 Å². The Morgan fingerprint density at radius 2 is 1.95 bits per heavy atom. The minimum Gasteiger partial charge on any atom is -0.313 e. The molecule has 1 atom stereocenters. The third-order valence-electron chi connectivity index (χ3n) is 3.13. The fourth-order valence-electron chi connectivity index (χ4n) is 2.06. The molecule has 1 nitrogen and oxygen atoms in total. The van der Waals surface area contributed by atoms with Gasteiger partial charge in [-0.2, -0.15) is 0 Å². The third-order valence-corrected chi connectivity index (χ3v) is 4.14. The second-order valence-corrected chi connectivity index (χ2v) is 5.67. The van der Waals surface area contributed by atoms with Crippen molar-refractivity contribution in [1.82, 2.24) is 5.32 Å². The molecule has 1 N–H and O–H groups in total. The van der Waals surface area contributed by atoms with E-state index in [9.17, 15) is 8.78 Å². The molecule has 0 radical (unpaired) electrons. The SMILES string of the molecule is CNC(Cc1ccc(F)c(Br)c1)c1cccc(F)c1Cl. The first kappa shape index (κ1) is 15.4. The van der Waals surface area contributed by atoms with Crippen LogP contribution in [0.4, 0.5) is 8.78 Å². The predicted molar refractivity (Wildman–Crippen MR) is 81.0 cm³/mol. The van der Waals surface area contributed by atoms with Gasteiger partial charge in [-0.25, -0.2) is 8.78 Å². The van der Waals surface area contributed by atoms with E-state index in [1.807, 2.05) is 0 Å². The Bertz CT molecular complexity index is 619. The van der Waals surface area contributed by atoms with Gasteiger partial charge in [0.2, 0.25) is 0 Å². The van der Waals surface area contributed by atoms with Crippen LogP contribution in [0.25, 0.3) is 0 Å². The monoisotopic (exact) mass is 359 g/mol. The molecule has 0 bridgehead atoms. The smallest absolute Gasteiger partial charge is 0.142 e. The summed E-state index contributed by atoms with van der Waals surface area (Å²) in [6.45, 7) is 0. The van der Waals surface area contributed by atoms with Crippen molar-refractivity contribution < 1.29 is 8.78 Å². The zero-order valence-corrected chi connectivity index (χ0v) is 13.1. The second-order valence-electron chi connectivity index (χ2n) is 4.44. The van der Waals surface area contributed by atoms with E-state index in [2.05, 4.69) is 21.2 Å². The van der Waals surface area contributed by atoms with E-state index in [0.717, 1.165) is 5.56 Å². The van der Waals surface area contributed by atoms with Gasteiger partial charge in [0.05, 0.1) is 9.50 Å². The molecule has 1 unspecified atom stereocenters. The molecule has 0 saturated heterocycles. The predicted octanol–water partition coefficient (Wildman–Crippen LogP) is 4.88. The minimum atomic E-state index is -0.440. The quantitative estimate of drug-likeness (QED) is 0.819. The molecule has 20 heavy (non-hydrogen) atoms. The van der Waals surface area contributed by atoms with Gasteiger partial charge in [0.25, 0.3) is 0 Å². The van der Waals surface area contributed by atoms with E-state index in [-0.39, 0.29) is 16.9 Å². The molecule has 0 aliphatic heterocycles. The van der Waals surface area contributed by atoms with Crippen molar-refractivity contribution in [3.05, 3.63) is 68.7 Å². The zero-order valence-electron chi connectivity index (χ0n) is 10.8. The molecule has 5 heteroatoms. The van der Waals surface area contributed by atoms with E-state index in [1.165, 1.54) is 12.1 Å². The summed E-state index contributed by atoms with van der Waals surface area (Å²) < 4.78 is 27.2. The van der Waals surface area contributed by atoms with Crippen LogP contribution >= 0.6 is 27.5 Å². The first-order valence-corrected chi connectivity index (χ1v) is 7.25. The maximum Gasteiger partial charge on any atom is 0.142 e. The Morgan fingerprint density at radius 3 is 2.60 bits per heavy atom. The Balaban J connectivity index is 2.28. The summed E-state index contributed by atoms with van der Waals surface area (Å²) in [6, 6.07) is 9.42. The van der Waals surface area contributed by atoms with E-state index >= 15 is 0 Å². The molecule has 2 aromatic rings. The molecule has 0 amide bonds. The standard InChI is InChI=1S/C15H13BrClF2N/c1-20-14(10-3-2-4-13(19)15(10)17)8-9-5-6-12(18)11(16)7-9/h2-7,14,20H,8H2,1H3. The number of hydrogen-bond acceptors (Lipinski definition) is 1. The van der Waals surface area contributed by atoms with E-state index in [4.69, 9.17) is 11.6 Å². The fraction of sp³-hybridized carbons (Fsp3) is 0.200. The van der Waals surface area contributed by atoms with Crippen LogP contribution in [0, 0.1) is 11.6 Å².